The topological polar surface area (TPSA) is 103 Å². The third-order valence-corrected chi connectivity index (χ3v) is 7.32. The summed E-state index contributed by atoms with van der Waals surface area (Å²) in [6.07, 6.45) is -5.69. The van der Waals surface area contributed by atoms with Crippen LogP contribution < -0.4 is 10.6 Å². The van der Waals surface area contributed by atoms with Crippen LogP contribution in [-0.2, 0) is 6.54 Å². The van der Waals surface area contributed by atoms with Crippen molar-refractivity contribution in [3.63, 3.8) is 0 Å². The van der Waals surface area contributed by atoms with Crippen LogP contribution in [0.3, 0.4) is 0 Å². The number of nitrogens with one attached hydrogen (secondary N) is 2. The van der Waals surface area contributed by atoms with Crippen molar-refractivity contribution >= 4 is 33.3 Å². The lowest BCUT2D eigenvalue weighted by Crippen LogP contribution is -2.36. The van der Waals surface area contributed by atoms with E-state index in [9.17, 15) is 19.0 Å². The van der Waals surface area contributed by atoms with Crippen LogP contribution in [0.4, 0.5) is 20.5 Å². The third-order valence-electron chi connectivity index (χ3n) is 6.26. The molecule has 0 bridgehead atoms. The Balaban J connectivity index is 1.51. The first-order valence-electron chi connectivity index (χ1n) is 11.3. The lowest BCUT2D eigenvalue weighted by molar-refractivity contribution is -0.0333. The van der Waals surface area contributed by atoms with Crippen LogP contribution in [0.2, 0.25) is 0 Å². The summed E-state index contributed by atoms with van der Waals surface area (Å²) >= 11 is 1.48. The molecule has 0 saturated heterocycles. The maximum absolute atomic E-state index is 13.4. The fourth-order valence-corrected chi connectivity index (χ4v) is 5.47. The number of hydrogen-bond donors (Lipinski definition) is 4. The van der Waals surface area contributed by atoms with Crippen molar-refractivity contribution in [2.45, 2.75) is 44.6 Å². The zero-order chi connectivity index (χ0) is 24.5. The summed E-state index contributed by atoms with van der Waals surface area (Å²) in [6, 6.07) is 16.7. The molecule has 4 aromatic rings. The van der Waals surface area contributed by atoms with Gasteiger partial charge in [-0.25, -0.2) is 18.7 Å². The number of aryl methyl sites for hydroxylation is 1. The Morgan fingerprint density at radius 1 is 1.00 bits per heavy atom. The van der Waals surface area contributed by atoms with Crippen LogP contribution in [0.5, 0.6) is 0 Å². The molecule has 0 spiro atoms. The highest BCUT2D eigenvalue weighted by atomic mass is 32.1. The van der Waals surface area contributed by atoms with Gasteiger partial charge < -0.3 is 20.8 Å². The predicted molar refractivity (Wildman–Crippen MR) is 133 cm³/mol. The fraction of sp³-hybridized carbons (Fsp3) is 0.320. The number of aliphatic hydroxyl groups excluding tert-OH is 2. The number of alkyl halides is 2. The first kappa shape index (κ1) is 23.5. The highest BCUT2D eigenvalue weighted by Gasteiger charge is 2.46. The minimum absolute atomic E-state index is 0.0882. The van der Waals surface area contributed by atoms with Gasteiger partial charge >= 0.3 is 0 Å². The summed E-state index contributed by atoms with van der Waals surface area (Å²) in [5.74, 6) is -0.581. The molecule has 7 nitrogen and oxygen atoms in total. The van der Waals surface area contributed by atoms with Crippen molar-refractivity contribution in [2.75, 3.05) is 10.6 Å². The van der Waals surface area contributed by atoms with E-state index in [1.54, 1.807) is 0 Å². The highest BCUT2D eigenvalue weighted by molar-refractivity contribution is 7.21. The largest absolute Gasteiger partial charge is 0.390 e. The van der Waals surface area contributed by atoms with Gasteiger partial charge in [0.15, 0.2) is 0 Å². The summed E-state index contributed by atoms with van der Waals surface area (Å²) in [6.45, 7) is 2.34. The fourth-order valence-electron chi connectivity index (χ4n) is 4.40. The van der Waals surface area contributed by atoms with Crippen LogP contribution in [0, 0.1) is 12.8 Å². The quantitative estimate of drug-likeness (QED) is 0.299. The second-order valence-electron chi connectivity index (χ2n) is 8.65. The van der Waals surface area contributed by atoms with Crippen molar-refractivity contribution in [3.05, 3.63) is 65.9 Å². The van der Waals surface area contributed by atoms with Gasteiger partial charge in [-0.2, -0.15) is 4.98 Å². The number of halogens is 2. The van der Waals surface area contributed by atoms with Gasteiger partial charge in [-0.1, -0.05) is 42.5 Å². The van der Waals surface area contributed by atoms with Gasteiger partial charge in [0.25, 0.3) is 0 Å². The maximum Gasteiger partial charge on any atom is 0.244 e. The molecule has 4 atom stereocenters. The normalized spacial score (nSPS) is 22.1. The van der Waals surface area contributed by atoms with E-state index in [-0.39, 0.29) is 6.42 Å². The molecule has 2 aromatic heterocycles. The van der Waals surface area contributed by atoms with Crippen molar-refractivity contribution in [1.29, 1.82) is 0 Å². The van der Waals surface area contributed by atoms with E-state index in [0.29, 0.717) is 34.6 Å². The van der Waals surface area contributed by atoms with E-state index < -0.39 is 30.6 Å². The number of aromatic nitrogens is 3. The Labute approximate surface area is 204 Å². The lowest BCUT2D eigenvalue weighted by Gasteiger charge is -2.21. The number of benzene rings is 2. The Morgan fingerprint density at radius 3 is 2.46 bits per heavy atom. The van der Waals surface area contributed by atoms with Gasteiger partial charge in [0.2, 0.25) is 12.4 Å². The van der Waals surface area contributed by atoms with Crippen molar-refractivity contribution < 1.29 is 19.0 Å². The SMILES string of the molecule is Cc1nc(NCc2ccccc2)nc(NC2C[C@H](C(F)F)[C@@H](O)[C@H]2O)c1-c1nc2ccccc2s1. The van der Waals surface area contributed by atoms with Crippen LogP contribution >= 0.6 is 11.3 Å². The van der Waals surface area contributed by atoms with Crippen LogP contribution in [-0.4, -0.2) is 49.8 Å². The Hall–Kier alpha value is -3.21. The highest BCUT2D eigenvalue weighted by Crippen LogP contribution is 2.39. The molecule has 1 fully saturated rings. The van der Waals surface area contributed by atoms with E-state index in [0.717, 1.165) is 15.8 Å². The zero-order valence-electron chi connectivity index (χ0n) is 18.9. The van der Waals surface area contributed by atoms with Crippen molar-refractivity contribution in [1.82, 2.24) is 15.0 Å². The number of rotatable bonds is 7. The zero-order valence-corrected chi connectivity index (χ0v) is 19.7. The summed E-state index contributed by atoms with van der Waals surface area (Å²) < 4.78 is 27.8. The second-order valence-corrected chi connectivity index (χ2v) is 9.68. The average Bonchev–Trinajstić information content (AvgIpc) is 3.39. The van der Waals surface area contributed by atoms with Crippen LogP contribution in [0.25, 0.3) is 20.8 Å². The molecular formula is C25H25F2N5O2S. The molecule has 0 aliphatic heterocycles. The van der Waals surface area contributed by atoms with E-state index in [1.807, 2.05) is 61.5 Å². The molecule has 1 unspecified atom stereocenters. The van der Waals surface area contributed by atoms with E-state index in [4.69, 9.17) is 4.98 Å². The minimum Gasteiger partial charge on any atom is -0.390 e. The molecule has 2 aromatic carbocycles. The summed E-state index contributed by atoms with van der Waals surface area (Å²) in [4.78, 5) is 14.0. The predicted octanol–water partition coefficient (Wildman–Crippen LogP) is 4.46. The number of nitrogens with zero attached hydrogens (tertiary/aromatic N) is 3. The maximum atomic E-state index is 13.4. The molecular weight excluding hydrogens is 472 g/mol. The molecule has 182 valence electrons. The van der Waals surface area contributed by atoms with Crippen LogP contribution in [0.1, 0.15) is 17.7 Å². The van der Waals surface area contributed by atoms with Crippen LogP contribution in [0.15, 0.2) is 54.6 Å². The molecule has 2 heterocycles. The molecule has 1 aliphatic rings. The number of hydrogen-bond acceptors (Lipinski definition) is 8. The molecule has 5 rings (SSSR count). The molecule has 0 amide bonds. The Bertz CT molecular complexity index is 1290. The van der Waals surface area contributed by atoms with Gasteiger partial charge in [-0.15, -0.1) is 11.3 Å². The first-order valence-corrected chi connectivity index (χ1v) is 12.2. The summed E-state index contributed by atoms with van der Waals surface area (Å²) in [7, 11) is 0. The Kier molecular flexibility index (Phi) is 6.59. The van der Waals surface area contributed by atoms with Crippen molar-refractivity contribution in [3.8, 4) is 10.6 Å². The lowest BCUT2D eigenvalue weighted by atomic mass is 10.1. The number of para-hydroxylation sites is 1. The minimum atomic E-state index is -2.73. The summed E-state index contributed by atoms with van der Waals surface area (Å²) in [5.41, 5.74) is 3.17. The van der Waals surface area contributed by atoms with Crippen molar-refractivity contribution in [2.24, 2.45) is 5.92 Å². The second kappa shape index (κ2) is 9.80. The van der Waals surface area contributed by atoms with E-state index in [1.165, 1.54) is 11.3 Å². The number of aliphatic hydroxyl groups is 2. The molecule has 10 heteroatoms. The third kappa shape index (κ3) is 4.82. The number of fused-ring (bicyclic) bond motifs is 1. The monoisotopic (exact) mass is 497 g/mol. The van der Waals surface area contributed by atoms with E-state index in [2.05, 4.69) is 20.6 Å². The van der Waals surface area contributed by atoms with Gasteiger partial charge in [0.1, 0.15) is 16.9 Å². The van der Waals surface area contributed by atoms with Gasteiger partial charge in [-0.05, 0) is 31.0 Å². The molecule has 4 N–H and O–H groups in total. The standard InChI is InChI=1S/C25H25F2N5O2S/c1-13-19(24-31-16-9-5-6-10-18(16)35-24)23(30-17-11-15(22(26)27)20(33)21(17)34)32-25(29-13)28-12-14-7-3-2-4-8-14/h2-10,15,17,20-22,33-34H,11-12H2,1H3,(H2,28,29,30,32)/t15-,17?,20+,21-/m0/s1. The first-order chi connectivity index (χ1) is 16.9. The molecule has 1 aliphatic carbocycles. The van der Waals surface area contributed by atoms with Gasteiger partial charge in [0, 0.05) is 6.54 Å². The molecule has 1 saturated carbocycles. The van der Waals surface area contributed by atoms with E-state index >= 15 is 0 Å². The number of anilines is 2. The average molecular weight is 498 g/mol. The molecule has 35 heavy (non-hydrogen) atoms. The smallest absolute Gasteiger partial charge is 0.244 e. The van der Waals surface area contributed by atoms with Gasteiger partial charge in [-0.3, -0.25) is 0 Å². The van der Waals surface area contributed by atoms with Gasteiger partial charge in [0.05, 0.1) is 39.5 Å². The Morgan fingerprint density at radius 2 is 1.74 bits per heavy atom. The number of thiazole rings is 1. The molecule has 0 radical (unpaired) electrons. The summed E-state index contributed by atoms with van der Waals surface area (Å²) in [5, 5.41) is 27.7.